The maximum atomic E-state index is 13.9. The number of benzene rings is 1. The molecule has 2 rings (SSSR count). The first-order valence-electron chi connectivity index (χ1n) is 8.18. The van der Waals surface area contributed by atoms with Gasteiger partial charge in [-0.1, -0.05) is 0 Å². The zero-order chi connectivity index (χ0) is 21.2. The Balaban J connectivity index is 2.15. The van der Waals surface area contributed by atoms with E-state index in [1.807, 2.05) is 0 Å². The summed E-state index contributed by atoms with van der Waals surface area (Å²) in [7, 11) is 0.666. The van der Waals surface area contributed by atoms with Crippen molar-refractivity contribution in [2.24, 2.45) is 4.99 Å². The maximum absolute atomic E-state index is 13.9. The predicted octanol–water partition coefficient (Wildman–Crippen LogP) is 5.40. The third kappa shape index (κ3) is 4.39. The molecule has 0 atom stereocenters. The highest BCUT2D eigenvalue weighted by atomic mass is 19.4. The highest BCUT2D eigenvalue weighted by molar-refractivity contribution is 6.06. The summed E-state index contributed by atoms with van der Waals surface area (Å²) in [6.07, 6.45) is -4.60. The van der Waals surface area contributed by atoms with Crippen LogP contribution in [-0.2, 0) is 4.74 Å². The van der Waals surface area contributed by atoms with Gasteiger partial charge in [-0.05, 0) is 49.9 Å². The minimum Gasteiger partial charge on any atom is -0.431 e. The van der Waals surface area contributed by atoms with Crippen molar-refractivity contribution in [1.29, 1.82) is 0 Å². The number of ether oxygens (including phenoxy) is 2. The molecule has 156 valence electrons. The van der Waals surface area contributed by atoms with E-state index in [1.165, 1.54) is 0 Å². The fraction of sp³-hybridized carbons (Fsp3) is 0.529. The number of carbonyl (C=O) groups excluding carboxylic acids is 1. The number of hydrogen-bond donors (Lipinski definition) is 0. The van der Waals surface area contributed by atoms with Crippen LogP contribution in [0.2, 0.25) is 0 Å². The molecule has 0 saturated heterocycles. The van der Waals surface area contributed by atoms with Crippen molar-refractivity contribution in [3.05, 3.63) is 29.8 Å². The maximum Gasteiger partial charge on any atom is 0.514 e. The number of aliphatic imine (C=N–C) groups is 1. The molecule has 0 aromatic heterocycles. The normalized spacial score (nSPS) is 16.9. The molecule has 28 heavy (non-hydrogen) atoms. The van der Waals surface area contributed by atoms with Gasteiger partial charge in [-0.3, -0.25) is 4.99 Å². The number of alkyl halides is 7. The Kier molecular flexibility index (Phi) is 6.24. The summed E-state index contributed by atoms with van der Waals surface area (Å²) in [4.78, 5) is 14.6. The molecule has 1 saturated carbocycles. The molecule has 1 aromatic rings. The smallest absolute Gasteiger partial charge is 0.431 e. The monoisotopic (exact) mass is 415 g/mol. The Bertz CT molecular complexity index is 723. The molecule has 0 aliphatic heterocycles. The highest BCUT2D eigenvalue weighted by Crippen LogP contribution is 2.48. The summed E-state index contributed by atoms with van der Waals surface area (Å²) >= 11 is 0. The molecule has 1 aromatic carbocycles. The van der Waals surface area contributed by atoms with Crippen LogP contribution in [0.1, 0.15) is 31.2 Å². The van der Waals surface area contributed by atoms with Crippen molar-refractivity contribution in [3.8, 4) is 5.75 Å². The fourth-order valence-corrected chi connectivity index (χ4v) is 2.72. The van der Waals surface area contributed by atoms with Gasteiger partial charge in [0, 0.05) is 12.6 Å². The summed E-state index contributed by atoms with van der Waals surface area (Å²) in [6, 6.07) is 3.50. The molecule has 0 amide bonds. The van der Waals surface area contributed by atoms with E-state index in [0.717, 1.165) is 37.1 Å². The van der Waals surface area contributed by atoms with Gasteiger partial charge in [0.25, 0.3) is 0 Å². The van der Waals surface area contributed by atoms with Crippen molar-refractivity contribution in [1.82, 2.24) is 0 Å². The number of nitrogens with zero attached hydrogens (tertiary/aromatic N) is 1. The molecule has 1 aliphatic carbocycles. The lowest BCUT2D eigenvalue weighted by molar-refractivity contribution is -0.336. The summed E-state index contributed by atoms with van der Waals surface area (Å²) in [5.41, 5.74) is -2.44. The Morgan fingerprint density at radius 2 is 1.54 bits per heavy atom. The van der Waals surface area contributed by atoms with Gasteiger partial charge >= 0.3 is 24.2 Å². The van der Waals surface area contributed by atoms with E-state index >= 15 is 0 Å². The third-order valence-corrected chi connectivity index (χ3v) is 4.17. The van der Waals surface area contributed by atoms with Crippen LogP contribution in [0.25, 0.3) is 0 Å². The first kappa shape index (κ1) is 22.0. The van der Waals surface area contributed by atoms with Crippen LogP contribution >= 0.6 is 0 Å². The van der Waals surface area contributed by atoms with Crippen LogP contribution in [0.3, 0.4) is 0 Å². The lowest BCUT2D eigenvalue weighted by Gasteiger charge is -2.29. The Morgan fingerprint density at radius 1 is 1.00 bits per heavy atom. The van der Waals surface area contributed by atoms with E-state index in [-0.39, 0.29) is 11.9 Å². The first-order valence-corrected chi connectivity index (χ1v) is 8.18. The Morgan fingerprint density at radius 3 is 2.00 bits per heavy atom. The average Bonchev–Trinajstić information content (AvgIpc) is 3.08. The first-order chi connectivity index (χ1) is 12.9. The van der Waals surface area contributed by atoms with Crippen molar-refractivity contribution in [3.63, 3.8) is 0 Å². The van der Waals surface area contributed by atoms with Gasteiger partial charge in [0.05, 0.1) is 0 Å². The zero-order valence-corrected chi connectivity index (χ0v) is 14.5. The quantitative estimate of drug-likeness (QED) is 0.280. The SMILES string of the molecule is CN=C(c1ccc(OC(=O)OC2CCCC2)cc1)C(F)(F)C(F)(F)C(F)(F)F. The van der Waals surface area contributed by atoms with Gasteiger partial charge in [0.15, 0.2) is 0 Å². The van der Waals surface area contributed by atoms with Crippen LogP contribution in [0.4, 0.5) is 35.5 Å². The van der Waals surface area contributed by atoms with Crippen LogP contribution < -0.4 is 4.74 Å². The van der Waals surface area contributed by atoms with Crippen LogP contribution in [0, 0.1) is 0 Å². The highest BCUT2D eigenvalue weighted by Gasteiger charge is 2.74. The van der Waals surface area contributed by atoms with Gasteiger partial charge < -0.3 is 9.47 Å². The summed E-state index contributed by atoms with van der Waals surface area (Å²) < 4.78 is 101. The Hall–Kier alpha value is -2.33. The van der Waals surface area contributed by atoms with Crippen molar-refractivity contribution < 1.29 is 45.0 Å². The third-order valence-electron chi connectivity index (χ3n) is 4.17. The van der Waals surface area contributed by atoms with Gasteiger partial charge in [-0.25, -0.2) is 4.79 Å². The van der Waals surface area contributed by atoms with Crippen LogP contribution in [0.5, 0.6) is 5.75 Å². The van der Waals surface area contributed by atoms with Crippen molar-refractivity contribution >= 4 is 11.9 Å². The number of hydrogen-bond acceptors (Lipinski definition) is 4. The molecule has 11 heteroatoms. The van der Waals surface area contributed by atoms with E-state index in [0.29, 0.717) is 19.9 Å². The van der Waals surface area contributed by atoms with E-state index < -0.39 is 35.5 Å². The molecule has 0 N–H and O–H groups in total. The average molecular weight is 415 g/mol. The van der Waals surface area contributed by atoms with Gasteiger partial charge in [0.2, 0.25) is 0 Å². The molecule has 0 spiro atoms. The van der Waals surface area contributed by atoms with Crippen LogP contribution in [-0.4, -0.2) is 43.0 Å². The molecule has 1 aliphatic rings. The van der Waals surface area contributed by atoms with E-state index in [4.69, 9.17) is 9.47 Å². The summed E-state index contributed by atoms with van der Waals surface area (Å²) in [5, 5.41) is 0. The van der Waals surface area contributed by atoms with E-state index in [1.54, 1.807) is 0 Å². The molecule has 1 fully saturated rings. The van der Waals surface area contributed by atoms with Gasteiger partial charge in [0.1, 0.15) is 17.6 Å². The summed E-state index contributed by atoms with van der Waals surface area (Å²) in [5.74, 6) is -12.1. The molecular formula is C17H16F7NO3. The molecular weight excluding hydrogens is 399 g/mol. The Labute approximate surface area is 155 Å². The minimum absolute atomic E-state index is 0.159. The fourth-order valence-electron chi connectivity index (χ4n) is 2.72. The zero-order valence-electron chi connectivity index (χ0n) is 14.5. The lowest BCUT2D eigenvalue weighted by Crippen LogP contribution is -2.56. The van der Waals surface area contributed by atoms with Crippen molar-refractivity contribution in [2.45, 2.75) is 49.8 Å². The predicted molar refractivity (Wildman–Crippen MR) is 84.2 cm³/mol. The standard InChI is InChI=1S/C17H16F7NO3/c1-25-13(15(18,19)16(20,21)17(22,23)24)10-6-8-12(9-7-10)28-14(26)27-11-4-2-3-5-11/h6-9,11H,2-5H2,1H3. The number of rotatable bonds is 5. The molecule has 0 radical (unpaired) electrons. The molecule has 0 heterocycles. The van der Waals surface area contributed by atoms with Crippen molar-refractivity contribution in [2.75, 3.05) is 7.05 Å². The molecule has 0 unspecified atom stereocenters. The second-order valence-electron chi connectivity index (χ2n) is 6.12. The van der Waals surface area contributed by atoms with E-state index in [2.05, 4.69) is 4.99 Å². The van der Waals surface area contributed by atoms with Crippen LogP contribution in [0.15, 0.2) is 29.3 Å². The second kappa shape index (κ2) is 7.96. The number of carbonyl (C=O) groups is 1. The minimum atomic E-state index is -6.47. The second-order valence-corrected chi connectivity index (χ2v) is 6.12. The van der Waals surface area contributed by atoms with Gasteiger partial charge in [-0.2, -0.15) is 30.7 Å². The van der Waals surface area contributed by atoms with Gasteiger partial charge in [-0.15, -0.1) is 0 Å². The number of halogens is 7. The largest absolute Gasteiger partial charge is 0.514 e. The molecule has 0 bridgehead atoms. The lowest BCUT2D eigenvalue weighted by atomic mass is 9.98. The van der Waals surface area contributed by atoms with E-state index in [9.17, 15) is 35.5 Å². The molecule has 4 nitrogen and oxygen atoms in total. The summed E-state index contributed by atoms with van der Waals surface area (Å²) in [6.45, 7) is 0. The topological polar surface area (TPSA) is 47.9 Å².